The summed E-state index contributed by atoms with van der Waals surface area (Å²) in [5.41, 5.74) is 10.8. The van der Waals surface area contributed by atoms with Crippen molar-refractivity contribution in [1.82, 2.24) is 10.6 Å². The number of rotatable bonds is 31. The molecule has 3 atom stereocenters. The van der Waals surface area contributed by atoms with Crippen LogP contribution in [-0.4, -0.2) is 141 Å². The highest BCUT2D eigenvalue weighted by atomic mass is 32.2. The SMILES string of the molecule is NCCCCSCC(NC(=O)CCOCCOCCOCCOCCCNC(=O)CC(C=O)SCC(N)C(=O)O)C(=O)O. The largest absolute Gasteiger partial charge is 0.480 e. The third-order valence-corrected chi connectivity index (χ3v) is 7.79. The highest BCUT2D eigenvalue weighted by molar-refractivity contribution is 8.00. The summed E-state index contributed by atoms with van der Waals surface area (Å²) in [5.74, 6) is -1.77. The smallest absolute Gasteiger partial charge is 0.327 e. The Morgan fingerprint density at radius 2 is 1.40 bits per heavy atom. The van der Waals surface area contributed by atoms with Gasteiger partial charge in [-0.05, 0) is 31.6 Å². The quantitative estimate of drug-likeness (QED) is 0.0391. The molecule has 0 aliphatic heterocycles. The van der Waals surface area contributed by atoms with Gasteiger partial charge >= 0.3 is 11.9 Å². The number of aldehydes is 1. The Balaban J connectivity index is 3.57. The standard InChI is InChI=1S/C26H48N4O11S2/c27-5-1-2-15-42-19-22(26(36)37)30-23(32)4-8-39-10-12-41-14-13-40-11-9-38-7-3-6-29-24(33)16-20(17-31)43-18-21(28)25(34)35/h17,20-22H,1-16,18-19,27-28H2,(H,29,33)(H,30,32)(H,34,35)(H,36,37). The maximum atomic E-state index is 12.0. The molecule has 0 saturated carbocycles. The highest BCUT2D eigenvalue weighted by Crippen LogP contribution is 2.13. The molecule has 2 amide bonds. The van der Waals surface area contributed by atoms with Crippen LogP contribution in [-0.2, 0) is 42.9 Å². The predicted molar refractivity (Wildman–Crippen MR) is 163 cm³/mol. The van der Waals surface area contributed by atoms with E-state index in [1.807, 2.05) is 0 Å². The number of nitrogens with two attached hydrogens (primary N) is 2. The van der Waals surface area contributed by atoms with Crippen LogP contribution in [0.15, 0.2) is 0 Å². The number of carbonyl (C=O) groups excluding carboxylic acids is 3. The number of aliphatic carboxylic acids is 2. The van der Waals surface area contributed by atoms with Gasteiger partial charge in [-0.1, -0.05) is 0 Å². The Kier molecular flexibility index (Phi) is 27.4. The first kappa shape index (κ1) is 41.0. The summed E-state index contributed by atoms with van der Waals surface area (Å²) in [4.78, 5) is 57.0. The van der Waals surface area contributed by atoms with Crippen molar-refractivity contribution in [1.29, 1.82) is 0 Å². The van der Waals surface area contributed by atoms with Gasteiger partial charge in [-0.2, -0.15) is 11.8 Å². The lowest BCUT2D eigenvalue weighted by molar-refractivity contribution is -0.141. The summed E-state index contributed by atoms with van der Waals surface area (Å²) in [6, 6.07) is -2.02. The molecule has 0 saturated heterocycles. The molecule has 0 aromatic carbocycles. The Hall–Kier alpha value is -1.99. The number of carboxylic acid groups (broad SMARTS) is 2. The Bertz CT molecular complexity index is 783. The van der Waals surface area contributed by atoms with Gasteiger partial charge in [0.2, 0.25) is 11.8 Å². The molecule has 0 radical (unpaired) electrons. The lowest BCUT2D eigenvalue weighted by Gasteiger charge is -2.14. The van der Waals surface area contributed by atoms with Crippen LogP contribution in [0.25, 0.3) is 0 Å². The van der Waals surface area contributed by atoms with Crippen molar-refractivity contribution in [3.8, 4) is 0 Å². The molecule has 0 spiro atoms. The van der Waals surface area contributed by atoms with Crippen molar-refractivity contribution < 1.29 is 53.1 Å². The molecule has 0 rings (SSSR count). The number of amides is 2. The summed E-state index contributed by atoms with van der Waals surface area (Å²) in [7, 11) is 0. The fourth-order valence-electron chi connectivity index (χ4n) is 3.02. The number of carbonyl (C=O) groups is 5. The van der Waals surface area contributed by atoms with E-state index in [0.29, 0.717) is 77.8 Å². The van der Waals surface area contributed by atoms with Crippen molar-refractivity contribution >= 4 is 53.6 Å². The van der Waals surface area contributed by atoms with Crippen LogP contribution in [0.5, 0.6) is 0 Å². The van der Waals surface area contributed by atoms with Crippen molar-refractivity contribution in [3.63, 3.8) is 0 Å². The molecule has 0 heterocycles. The molecule has 0 aliphatic carbocycles. The first-order valence-corrected chi connectivity index (χ1v) is 16.3. The van der Waals surface area contributed by atoms with Crippen LogP contribution in [0.4, 0.5) is 0 Å². The second kappa shape index (κ2) is 28.8. The van der Waals surface area contributed by atoms with E-state index >= 15 is 0 Å². The van der Waals surface area contributed by atoms with Gasteiger partial charge in [0.1, 0.15) is 18.4 Å². The minimum absolute atomic E-state index is 0.0414. The van der Waals surface area contributed by atoms with E-state index in [2.05, 4.69) is 10.6 Å². The van der Waals surface area contributed by atoms with Gasteiger partial charge in [-0.3, -0.25) is 14.4 Å². The molecule has 0 aromatic heterocycles. The molecular formula is C26H48N4O11S2. The number of unbranched alkanes of at least 4 members (excludes halogenated alkanes) is 1. The Morgan fingerprint density at radius 1 is 0.791 bits per heavy atom. The summed E-state index contributed by atoms with van der Waals surface area (Å²) in [5, 5.41) is 22.6. The Morgan fingerprint density at radius 3 is 1.95 bits per heavy atom. The van der Waals surface area contributed by atoms with Gasteiger partial charge in [0.05, 0.1) is 51.5 Å². The third kappa shape index (κ3) is 26.2. The van der Waals surface area contributed by atoms with E-state index in [-0.39, 0.29) is 37.0 Å². The van der Waals surface area contributed by atoms with Crippen molar-refractivity contribution in [2.75, 3.05) is 83.2 Å². The molecule has 15 nitrogen and oxygen atoms in total. The monoisotopic (exact) mass is 656 g/mol. The first-order chi connectivity index (χ1) is 20.7. The van der Waals surface area contributed by atoms with Crippen molar-refractivity contribution in [2.45, 2.75) is 49.4 Å². The fourth-order valence-corrected chi connectivity index (χ4v) is 5.00. The molecule has 3 unspecified atom stereocenters. The van der Waals surface area contributed by atoms with Crippen LogP contribution in [0.2, 0.25) is 0 Å². The van der Waals surface area contributed by atoms with Crippen LogP contribution in [0.3, 0.4) is 0 Å². The molecule has 8 N–H and O–H groups in total. The molecule has 0 bridgehead atoms. The van der Waals surface area contributed by atoms with Gasteiger partial charge in [-0.15, -0.1) is 11.8 Å². The minimum atomic E-state index is -1.16. The second-order valence-electron chi connectivity index (χ2n) is 9.09. The topological polar surface area (TPSA) is 239 Å². The van der Waals surface area contributed by atoms with Crippen LogP contribution in [0.1, 0.15) is 32.1 Å². The van der Waals surface area contributed by atoms with E-state index in [1.54, 1.807) is 0 Å². The minimum Gasteiger partial charge on any atom is -0.480 e. The number of carboxylic acids is 2. The molecule has 17 heteroatoms. The molecule has 43 heavy (non-hydrogen) atoms. The normalized spacial score (nSPS) is 13.2. The average Bonchev–Trinajstić information content (AvgIpc) is 2.97. The predicted octanol–water partition coefficient (Wildman–Crippen LogP) is -0.907. The van der Waals surface area contributed by atoms with E-state index in [1.165, 1.54) is 11.8 Å². The number of hydrogen-bond donors (Lipinski definition) is 6. The zero-order valence-electron chi connectivity index (χ0n) is 24.6. The average molecular weight is 657 g/mol. The summed E-state index contributed by atoms with van der Waals surface area (Å²) in [6.07, 6.45) is 2.99. The lowest BCUT2D eigenvalue weighted by atomic mass is 10.3. The number of nitrogens with one attached hydrogen (secondary N) is 2. The van der Waals surface area contributed by atoms with E-state index in [0.717, 1.165) is 30.4 Å². The number of hydrogen-bond acceptors (Lipinski definition) is 13. The van der Waals surface area contributed by atoms with Crippen molar-refractivity contribution in [2.24, 2.45) is 11.5 Å². The number of ether oxygens (including phenoxy) is 4. The zero-order valence-corrected chi connectivity index (χ0v) is 26.2. The summed E-state index contributed by atoms with van der Waals surface area (Å²) in [6.45, 7) is 3.66. The van der Waals surface area contributed by atoms with Crippen LogP contribution in [0, 0.1) is 0 Å². The molecule has 0 aliphatic rings. The summed E-state index contributed by atoms with van der Waals surface area (Å²) >= 11 is 2.51. The fraction of sp³-hybridized carbons (Fsp3) is 0.808. The van der Waals surface area contributed by atoms with E-state index < -0.39 is 29.3 Å². The molecule has 0 fully saturated rings. The Labute approximate surface area is 261 Å². The zero-order chi connectivity index (χ0) is 32.1. The van der Waals surface area contributed by atoms with Gasteiger partial charge in [-0.25, -0.2) is 4.79 Å². The van der Waals surface area contributed by atoms with E-state index in [9.17, 15) is 29.1 Å². The van der Waals surface area contributed by atoms with E-state index in [4.69, 9.17) is 35.5 Å². The molecular weight excluding hydrogens is 608 g/mol. The maximum Gasteiger partial charge on any atom is 0.327 e. The van der Waals surface area contributed by atoms with Crippen LogP contribution < -0.4 is 22.1 Å². The van der Waals surface area contributed by atoms with Gasteiger partial charge in [0.25, 0.3) is 0 Å². The van der Waals surface area contributed by atoms with Gasteiger partial charge in [0.15, 0.2) is 0 Å². The first-order valence-electron chi connectivity index (χ1n) is 14.1. The highest BCUT2D eigenvalue weighted by Gasteiger charge is 2.20. The molecule has 250 valence electrons. The maximum absolute atomic E-state index is 12.0. The lowest BCUT2D eigenvalue weighted by Crippen LogP contribution is -2.43. The van der Waals surface area contributed by atoms with Crippen LogP contribution >= 0.6 is 23.5 Å². The van der Waals surface area contributed by atoms with Gasteiger partial charge < -0.3 is 56.1 Å². The van der Waals surface area contributed by atoms with Gasteiger partial charge in [0, 0.05) is 37.5 Å². The summed E-state index contributed by atoms with van der Waals surface area (Å²) < 4.78 is 21.6. The third-order valence-electron chi connectivity index (χ3n) is 5.38. The number of thioether (sulfide) groups is 2. The molecule has 0 aromatic rings. The second-order valence-corrected chi connectivity index (χ2v) is 11.5. The van der Waals surface area contributed by atoms with Crippen molar-refractivity contribution in [3.05, 3.63) is 0 Å².